The van der Waals surface area contributed by atoms with Gasteiger partial charge in [0, 0.05) is 10.8 Å². The summed E-state index contributed by atoms with van der Waals surface area (Å²) >= 11 is 1.39. The lowest BCUT2D eigenvalue weighted by Gasteiger charge is -2.13. The van der Waals surface area contributed by atoms with Crippen LogP contribution in [-0.2, 0) is 0 Å². The summed E-state index contributed by atoms with van der Waals surface area (Å²) < 4.78 is 5.69. The Hall–Kier alpha value is -2.91. The van der Waals surface area contributed by atoms with Gasteiger partial charge in [-0.1, -0.05) is 48.5 Å². The minimum absolute atomic E-state index is 0.306. The second-order valence-electron chi connectivity index (χ2n) is 5.79. The van der Waals surface area contributed by atoms with E-state index >= 15 is 0 Å². The molecule has 4 aromatic carbocycles. The van der Waals surface area contributed by atoms with Gasteiger partial charge in [0.2, 0.25) is 0 Å². The van der Waals surface area contributed by atoms with E-state index in [1.54, 1.807) is 6.07 Å². The second kappa shape index (κ2) is 5.05. The molecule has 3 heteroatoms. The molecule has 0 fully saturated rings. The molecule has 24 heavy (non-hydrogen) atoms. The third kappa shape index (κ3) is 1.92. The maximum atomic E-state index is 12.3. The van der Waals surface area contributed by atoms with Crippen LogP contribution in [0.3, 0.4) is 0 Å². The van der Waals surface area contributed by atoms with Gasteiger partial charge in [0.1, 0.15) is 10.6 Å². The molecule has 1 heterocycles. The number of hydrogen-bond acceptors (Lipinski definition) is 3. The summed E-state index contributed by atoms with van der Waals surface area (Å²) in [5.74, 6) is 0.305. The molecule has 0 aliphatic carbocycles. The Morgan fingerprint density at radius 1 is 0.750 bits per heavy atom. The van der Waals surface area contributed by atoms with Crippen LogP contribution in [0, 0.1) is 0 Å². The molecule has 0 amide bonds. The van der Waals surface area contributed by atoms with Crippen molar-refractivity contribution in [3.63, 3.8) is 0 Å². The fourth-order valence-corrected chi connectivity index (χ4v) is 3.94. The van der Waals surface area contributed by atoms with Crippen molar-refractivity contribution in [1.29, 1.82) is 0 Å². The van der Waals surface area contributed by atoms with Gasteiger partial charge >= 0.3 is 5.97 Å². The zero-order chi connectivity index (χ0) is 16.1. The lowest BCUT2D eigenvalue weighted by Crippen LogP contribution is -2.06. The minimum atomic E-state index is -0.306. The third-order valence-electron chi connectivity index (χ3n) is 4.41. The molecule has 2 nitrogen and oxygen atoms in total. The average Bonchev–Trinajstić information content (AvgIpc) is 3.16. The molecule has 0 saturated heterocycles. The SMILES string of the molecule is O=C(Oc1ccc2ccc3cccc4ccc1c2c34)c1cccs1. The Bertz CT molecular complexity index is 1170. The first kappa shape index (κ1) is 13.5. The quantitative estimate of drug-likeness (QED) is 0.230. The summed E-state index contributed by atoms with van der Waals surface area (Å²) in [6, 6.07) is 22.2. The van der Waals surface area contributed by atoms with Gasteiger partial charge in [0.25, 0.3) is 0 Å². The number of rotatable bonds is 2. The zero-order valence-corrected chi connectivity index (χ0v) is 13.5. The molecule has 0 spiro atoms. The van der Waals surface area contributed by atoms with E-state index in [2.05, 4.69) is 36.4 Å². The summed E-state index contributed by atoms with van der Waals surface area (Å²) in [4.78, 5) is 12.9. The summed E-state index contributed by atoms with van der Waals surface area (Å²) in [6.07, 6.45) is 0. The van der Waals surface area contributed by atoms with Crippen LogP contribution >= 0.6 is 11.3 Å². The molecular formula is C21H12O2S. The highest BCUT2D eigenvalue weighted by Gasteiger charge is 2.15. The number of ether oxygens (including phenoxy) is 1. The summed E-state index contributed by atoms with van der Waals surface area (Å²) in [7, 11) is 0. The Morgan fingerprint density at radius 2 is 1.46 bits per heavy atom. The molecule has 0 bridgehead atoms. The van der Waals surface area contributed by atoms with Crippen LogP contribution in [0.25, 0.3) is 32.3 Å². The van der Waals surface area contributed by atoms with Gasteiger partial charge < -0.3 is 4.74 Å². The molecule has 5 aromatic rings. The summed E-state index contributed by atoms with van der Waals surface area (Å²) in [5.41, 5.74) is 0. The number of carbonyl (C=O) groups is 1. The molecule has 0 N–H and O–H groups in total. The first-order valence-electron chi connectivity index (χ1n) is 7.73. The molecule has 114 valence electrons. The minimum Gasteiger partial charge on any atom is -0.422 e. The van der Waals surface area contributed by atoms with Crippen LogP contribution < -0.4 is 4.74 Å². The van der Waals surface area contributed by atoms with Crippen LogP contribution in [-0.4, -0.2) is 5.97 Å². The maximum Gasteiger partial charge on any atom is 0.353 e. The Labute approximate surface area is 142 Å². The van der Waals surface area contributed by atoms with Crippen molar-refractivity contribution in [3.05, 3.63) is 77.0 Å². The van der Waals surface area contributed by atoms with Crippen molar-refractivity contribution in [2.24, 2.45) is 0 Å². The van der Waals surface area contributed by atoms with E-state index in [0.717, 1.165) is 16.2 Å². The van der Waals surface area contributed by atoms with E-state index in [9.17, 15) is 4.79 Å². The van der Waals surface area contributed by atoms with E-state index in [1.165, 1.54) is 27.5 Å². The molecule has 0 atom stereocenters. The van der Waals surface area contributed by atoms with Crippen LogP contribution in [0.4, 0.5) is 0 Å². The van der Waals surface area contributed by atoms with Crippen LogP contribution in [0.2, 0.25) is 0 Å². The Balaban J connectivity index is 1.76. The van der Waals surface area contributed by atoms with Crippen molar-refractivity contribution in [3.8, 4) is 5.75 Å². The first-order chi connectivity index (χ1) is 11.8. The van der Waals surface area contributed by atoms with Gasteiger partial charge in [0.05, 0.1) is 0 Å². The maximum absolute atomic E-state index is 12.3. The second-order valence-corrected chi connectivity index (χ2v) is 6.73. The Morgan fingerprint density at radius 3 is 2.21 bits per heavy atom. The van der Waals surface area contributed by atoms with E-state index in [4.69, 9.17) is 4.74 Å². The van der Waals surface area contributed by atoms with Crippen LogP contribution in [0.15, 0.2) is 72.1 Å². The topological polar surface area (TPSA) is 26.3 Å². The van der Waals surface area contributed by atoms with Gasteiger partial charge in [-0.2, -0.15) is 0 Å². The smallest absolute Gasteiger partial charge is 0.353 e. The van der Waals surface area contributed by atoms with E-state index < -0.39 is 0 Å². The molecule has 0 unspecified atom stereocenters. The normalized spacial score (nSPS) is 11.5. The molecule has 0 radical (unpaired) electrons. The average molecular weight is 328 g/mol. The van der Waals surface area contributed by atoms with Gasteiger partial charge in [-0.05, 0) is 45.1 Å². The van der Waals surface area contributed by atoms with Gasteiger partial charge in [-0.3, -0.25) is 0 Å². The van der Waals surface area contributed by atoms with Crippen molar-refractivity contribution in [2.75, 3.05) is 0 Å². The van der Waals surface area contributed by atoms with Gasteiger partial charge in [-0.25, -0.2) is 4.79 Å². The first-order valence-corrected chi connectivity index (χ1v) is 8.61. The van der Waals surface area contributed by atoms with E-state index in [-0.39, 0.29) is 5.97 Å². The lowest BCUT2D eigenvalue weighted by atomic mass is 9.94. The molecule has 1 aromatic heterocycles. The highest BCUT2D eigenvalue weighted by Crippen LogP contribution is 2.38. The van der Waals surface area contributed by atoms with Crippen molar-refractivity contribution in [1.82, 2.24) is 0 Å². The predicted molar refractivity (Wildman–Crippen MR) is 99.4 cm³/mol. The number of benzene rings is 4. The number of hydrogen-bond donors (Lipinski definition) is 0. The molecule has 0 saturated carbocycles. The molecule has 5 rings (SSSR count). The largest absolute Gasteiger partial charge is 0.422 e. The third-order valence-corrected chi connectivity index (χ3v) is 5.26. The number of thiophene rings is 1. The van der Waals surface area contributed by atoms with E-state index in [0.29, 0.717) is 10.6 Å². The molecule has 0 aliphatic rings. The molecular weight excluding hydrogens is 316 g/mol. The zero-order valence-electron chi connectivity index (χ0n) is 12.7. The lowest BCUT2D eigenvalue weighted by molar-refractivity contribution is 0.0742. The van der Waals surface area contributed by atoms with Crippen molar-refractivity contribution < 1.29 is 9.53 Å². The van der Waals surface area contributed by atoms with Crippen LogP contribution in [0.5, 0.6) is 5.75 Å². The molecule has 0 aliphatic heterocycles. The van der Waals surface area contributed by atoms with Gasteiger partial charge in [0.15, 0.2) is 0 Å². The number of esters is 1. The Kier molecular flexibility index (Phi) is 2.84. The summed E-state index contributed by atoms with van der Waals surface area (Å²) in [6.45, 7) is 0. The van der Waals surface area contributed by atoms with E-state index in [1.807, 2.05) is 29.6 Å². The number of carbonyl (C=O) groups excluding carboxylic acids is 1. The monoisotopic (exact) mass is 328 g/mol. The van der Waals surface area contributed by atoms with Crippen molar-refractivity contribution >= 4 is 49.6 Å². The van der Waals surface area contributed by atoms with Crippen LogP contribution in [0.1, 0.15) is 9.67 Å². The van der Waals surface area contributed by atoms with Crippen molar-refractivity contribution in [2.45, 2.75) is 0 Å². The standard InChI is InChI=1S/C21H12O2S/c22-21(18-5-2-12-24-18)23-17-11-9-15-7-6-13-3-1-4-14-8-10-16(17)20(15)19(13)14/h1-12H. The fourth-order valence-electron chi connectivity index (χ4n) is 3.34. The summed E-state index contributed by atoms with van der Waals surface area (Å²) in [5, 5.41) is 8.79. The highest BCUT2D eigenvalue weighted by molar-refractivity contribution is 7.12. The predicted octanol–water partition coefficient (Wildman–Crippen LogP) is 5.86. The van der Waals surface area contributed by atoms with Gasteiger partial charge in [-0.15, -0.1) is 11.3 Å². The highest BCUT2D eigenvalue weighted by atomic mass is 32.1. The fraction of sp³-hybridized carbons (Fsp3) is 0.